The molecular formula is C22H27N5O3. The summed E-state index contributed by atoms with van der Waals surface area (Å²) in [5.74, 6) is -2.02. The van der Waals surface area contributed by atoms with Crippen LogP contribution in [0.1, 0.15) is 47.8 Å². The van der Waals surface area contributed by atoms with E-state index in [4.69, 9.17) is 16.9 Å². The predicted molar refractivity (Wildman–Crippen MR) is 115 cm³/mol. The molecule has 7 N–H and O–H groups in total. The molecule has 2 aromatic carbocycles. The molecule has 0 unspecified atom stereocenters. The zero-order chi connectivity index (χ0) is 22.3. The second-order valence-electron chi connectivity index (χ2n) is 7.09. The minimum absolute atomic E-state index is 0.161. The molecule has 0 aliphatic carbocycles. The van der Waals surface area contributed by atoms with Crippen molar-refractivity contribution in [2.24, 2.45) is 17.4 Å². The third-order valence-corrected chi connectivity index (χ3v) is 4.92. The van der Waals surface area contributed by atoms with Gasteiger partial charge in [0.15, 0.2) is 0 Å². The average molecular weight is 409 g/mol. The number of rotatable bonds is 9. The van der Waals surface area contributed by atoms with Crippen molar-refractivity contribution in [2.45, 2.75) is 32.4 Å². The third-order valence-electron chi connectivity index (χ3n) is 4.92. The first kappa shape index (κ1) is 22.6. The van der Waals surface area contributed by atoms with Gasteiger partial charge >= 0.3 is 0 Å². The molecule has 8 nitrogen and oxygen atoms in total. The van der Waals surface area contributed by atoms with Crippen LogP contribution in [0.3, 0.4) is 0 Å². The van der Waals surface area contributed by atoms with Crippen LogP contribution in [0.15, 0.2) is 54.6 Å². The summed E-state index contributed by atoms with van der Waals surface area (Å²) in [6.07, 6.45) is 0.647. The number of hydrogen-bond donors (Lipinski definition) is 5. The van der Waals surface area contributed by atoms with Gasteiger partial charge < -0.3 is 22.1 Å². The second kappa shape index (κ2) is 10.2. The van der Waals surface area contributed by atoms with Gasteiger partial charge in [0.2, 0.25) is 11.8 Å². The van der Waals surface area contributed by atoms with Gasteiger partial charge in [-0.2, -0.15) is 0 Å². The minimum Gasteiger partial charge on any atom is -0.384 e. The lowest BCUT2D eigenvalue weighted by Gasteiger charge is -2.25. The fourth-order valence-electron chi connectivity index (χ4n) is 2.95. The number of hydrogen-bond acceptors (Lipinski definition) is 4. The van der Waals surface area contributed by atoms with Gasteiger partial charge in [-0.1, -0.05) is 62.7 Å². The van der Waals surface area contributed by atoms with E-state index in [1.54, 1.807) is 48.5 Å². The smallest absolute Gasteiger partial charge is 0.252 e. The van der Waals surface area contributed by atoms with E-state index in [2.05, 4.69) is 10.6 Å². The zero-order valence-corrected chi connectivity index (χ0v) is 17.0. The second-order valence-corrected chi connectivity index (χ2v) is 7.09. The number of carbonyl (C=O) groups excluding carboxylic acids is 3. The number of benzene rings is 2. The Morgan fingerprint density at radius 3 is 2.17 bits per heavy atom. The Kier molecular flexibility index (Phi) is 7.69. The average Bonchev–Trinajstić information content (AvgIpc) is 2.75. The van der Waals surface area contributed by atoms with Crippen molar-refractivity contribution in [2.75, 3.05) is 0 Å². The lowest BCUT2D eigenvalue weighted by Crippen LogP contribution is -2.52. The molecule has 0 radical (unpaired) electrons. The Morgan fingerprint density at radius 1 is 0.967 bits per heavy atom. The van der Waals surface area contributed by atoms with Gasteiger partial charge in [-0.05, 0) is 23.6 Å². The molecular weight excluding hydrogens is 382 g/mol. The van der Waals surface area contributed by atoms with Crippen LogP contribution in [0.4, 0.5) is 0 Å². The van der Waals surface area contributed by atoms with Crippen LogP contribution in [0.25, 0.3) is 0 Å². The first-order chi connectivity index (χ1) is 14.2. The highest BCUT2D eigenvalue weighted by Gasteiger charge is 2.29. The molecule has 2 aromatic rings. The largest absolute Gasteiger partial charge is 0.384 e. The predicted octanol–water partition coefficient (Wildman–Crippen LogP) is 1.46. The van der Waals surface area contributed by atoms with Crippen LogP contribution in [0.5, 0.6) is 0 Å². The Balaban J connectivity index is 2.31. The van der Waals surface area contributed by atoms with Crippen LogP contribution in [0, 0.1) is 11.3 Å². The first-order valence-electron chi connectivity index (χ1n) is 9.64. The van der Waals surface area contributed by atoms with Crippen LogP contribution >= 0.6 is 0 Å². The highest BCUT2D eigenvalue weighted by atomic mass is 16.2. The summed E-state index contributed by atoms with van der Waals surface area (Å²) in [6.45, 7) is 3.71. The summed E-state index contributed by atoms with van der Waals surface area (Å²) in [4.78, 5) is 37.7. The topological polar surface area (TPSA) is 151 Å². The molecule has 0 aliphatic heterocycles. The standard InChI is InChI=1S/C22H27N5O3/c1-3-13(2)17(20(25)28)26-22(30)18(14-8-5-4-6-9-14)27-21(29)16-11-7-10-15(12-16)19(23)24/h4-13,17-18H,3H2,1-2H3,(H3,23,24)(H2,25,28)(H,26,30)(H,27,29)/t13-,17-,18-/m1/s1. The molecule has 8 heteroatoms. The maximum Gasteiger partial charge on any atom is 0.252 e. The van der Waals surface area contributed by atoms with Crippen LogP contribution < -0.4 is 22.1 Å². The summed E-state index contributed by atoms with van der Waals surface area (Å²) in [7, 11) is 0. The molecule has 0 aliphatic rings. The summed E-state index contributed by atoms with van der Waals surface area (Å²) < 4.78 is 0. The molecule has 0 fully saturated rings. The maximum atomic E-state index is 13.0. The summed E-state index contributed by atoms with van der Waals surface area (Å²) in [5, 5.41) is 12.9. The number of nitrogens with two attached hydrogens (primary N) is 2. The summed E-state index contributed by atoms with van der Waals surface area (Å²) >= 11 is 0. The minimum atomic E-state index is -1.04. The van der Waals surface area contributed by atoms with E-state index in [0.717, 1.165) is 0 Å². The van der Waals surface area contributed by atoms with Crippen molar-refractivity contribution in [1.29, 1.82) is 5.41 Å². The van der Waals surface area contributed by atoms with E-state index < -0.39 is 29.8 Å². The SMILES string of the molecule is CC[C@@H](C)[C@@H](NC(=O)[C@H](NC(=O)c1cccc(C(=N)N)c1)c1ccccc1)C(N)=O. The normalized spacial score (nSPS) is 13.5. The lowest BCUT2D eigenvalue weighted by molar-refractivity contribution is -0.129. The van der Waals surface area contributed by atoms with Crippen LogP contribution in [-0.2, 0) is 9.59 Å². The summed E-state index contributed by atoms with van der Waals surface area (Å²) in [5.41, 5.74) is 12.2. The Hall–Kier alpha value is -3.68. The van der Waals surface area contributed by atoms with E-state index in [9.17, 15) is 14.4 Å². The fourth-order valence-corrected chi connectivity index (χ4v) is 2.95. The molecule has 158 valence electrons. The first-order valence-corrected chi connectivity index (χ1v) is 9.64. The van der Waals surface area contributed by atoms with Crippen molar-refractivity contribution in [1.82, 2.24) is 10.6 Å². The van der Waals surface area contributed by atoms with Crippen molar-refractivity contribution in [3.8, 4) is 0 Å². The number of amides is 3. The number of nitrogens with one attached hydrogen (secondary N) is 3. The molecule has 0 saturated heterocycles. The highest BCUT2D eigenvalue weighted by molar-refractivity contribution is 6.01. The molecule has 3 atom stereocenters. The molecule has 0 heterocycles. The lowest BCUT2D eigenvalue weighted by atomic mass is 9.97. The Morgan fingerprint density at radius 2 is 1.60 bits per heavy atom. The van der Waals surface area contributed by atoms with Gasteiger partial charge in [-0.3, -0.25) is 19.8 Å². The van der Waals surface area contributed by atoms with Gasteiger partial charge in [0, 0.05) is 11.1 Å². The van der Waals surface area contributed by atoms with Crippen molar-refractivity contribution < 1.29 is 14.4 Å². The van der Waals surface area contributed by atoms with Gasteiger partial charge in [0.1, 0.15) is 17.9 Å². The highest BCUT2D eigenvalue weighted by Crippen LogP contribution is 2.16. The number of amidine groups is 1. The number of primary amides is 1. The molecule has 3 amide bonds. The molecule has 0 aromatic heterocycles. The van der Waals surface area contributed by atoms with E-state index in [-0.39, 0.29) is 17.3 Å². The Bertz CT molecular complexity index is 929. The van der Waals surface area contributed by atoms with Crippen LogP contribution in [0.2, 0.25) is 0 Å². The van der Waals surface area contributed by atoms with E-state index >= 15 is 0 Å². The van der Waals surface area contributed by atoms with E-state index in [1.807, 2.05) is 13.8 Å². The van der Waals surface area contributed by atoms with Gasteiger partial charge in [-0.25, -0.2) is 0 Å². The molecule has 2 rings (SSSR count). The fraction of sp³-hybridized carbons (Fsp3) is 0.273. The quantitative estimate of drug-likeness (QED) is 0.314. The van der Waals surface area contributed by atoms with Crippen molar-refractivity contribution >= 4 is 23.6 Å². The van der Waals surface area contributed by atoms with E-state index in [0.29, 0.717) is 17.5 Å². The van der Waals surface area contributed by atoms with Crippen LogP contribution in [-0.4, -0.2) is 29.6 Å². The monoisotopic (exact) mass is 409 g/mol. The van der Waals surface area contributed by atoms with Gasteiger partial charge in [0.05, 0.1) is 0 Å². The molecule has 0 spiro atoms. The van der Waals surface area contributed by atoms with E-state index in [1.165, 1.54) is 6.07 Å². The molecule has 0 saturated carbocycles. The van der Waals surface area contributed by atoms with Gasteiger partial charge in [-0.15, -0.1) is 0 Å². The zero-order valence-electron chi connectivity index (χ0n) is 17.0. The third kappa shape index (κ3) is 5.66. The number of nitrogen functional groups attached to an aromatic ring is 1. The van der Waals surface area contributed by atoms with Gasteiger partial charge in [0.25, 0.3) is 5.91 Å². The Labute approximate surface area is 175 Å². The summed E-state index contributed by atoms with van der Waals surface area (Å²) in [6, 6.07) is 13.1. The van der Waals surface area contributed by atoms with Crippen molar-refractivity contribution in [3.05, 3.63) is 71.3 Å². The number of carbonyl (C=O) groups is 3. The maximum absolute atomic E-state index is 13.0. The van der Waals surface area contributed by atoms with Crippen molar-refractivity contribution in [3.63, 3.8) is 0 Å². The molecule has 30 heavy (non-hydrogen) atoms. The molecule has 0 bridgehead atoms.